The van der Waals surface area contributed by atoms with Crippen LogP contribution >= 0.6 is 0 Å². The second kappa shape index (κ2) is 7.04. The lowest BCUT2D eigenvalue weighted by Gasteiger charge is -2.27. The first-order valence-corrected chi connectivity index (χ1v) is 7.33. The van der Waals surface area contributed by atoms with Crippen LogP contribution in [-0.4, -0.2) is 18.8 Å². The molecule has 0 aromatic heterocycles. The van der Waals surface area contributed by atoms with Crippen LogP contribution < -0.4 is 11.3 Å². The van der Waals surface area contributed by atoms with Gasteiger partial charge in [0.1, 0.15) is 0 Å². The Morgan fingerprint density at radius 3 is 2.89 bits per heavy atom. The SMILES string of the molecule is Cc1ccc(C)c(CC(CC2CCCCO2)NN)c1. The molecule has 1 saturated heterocycles. The molecule has 0 saturated carbocycles. The van der Waals surface area contributed by atoms with Gasteiger partial charge in [-0.1, -0.05) is 23.8 Å². The molecule has 3 heteroatoms. The molecule has 0 amide bonds. The average molecular weight is 262 g/mol. The van der Waals surface area contributed by atoms with Crippen LogP contribution in [0.15, 0.2) is 18.2 Å². The maximum Gasteiger partial charge on any atom is 0.0590 e. The van der Waals surface area contributed by atoms with Crippen LogP contribution in [0.5, 0.6) is 0 Å². The first kappa shape index (κ1) is 14.5. The Morgan fingerprint density at radius 1 is 1.37 bits per heavy atom. The Morgan fingerprint density at radius 2 is 2.21 bits per heavy atom. The number of rotatable bonds is 5. The molecule has 19 heavy (non-hydrogen) atoms. The maximum absolute atomic E-state index is 5.81. The Balaban J connectivity index is 1.95. The first-order chi connectivity index (χ1) is 9.19. The highest BCUT2D eigenvalue weighted by Crippen LogP contribution is 2.20. The van der Waals surface area contributed by atoms with E-state index in [0.717, 1.165) is 19.4 Å². The van der Waals surface area contributed by atoms with Gasteiger partial charge in [-0.2, -0.15) is 0 Å². The molecular formula is C16H26N2O. The summed E-state index contributed by atoms with van der Waals surface area (Å²) in [6.07, 6.45) is 6.01. The van der Waals surface area contributed by atoms with Crippen molar-refractivity contribution < 1.29 is 4.74 Å². The van der Waals surface area contributed by atoms with E-state index in [9.17, 15) is 0 Å². The smallest absolute Gasteiger partial charge is 0.0590 e. The number of hydrogen-bond acceptors (Lipinski definition) is 3. The van der Waals surface area contributed by atoms with Crippen molar-refractivity contribution in [3.8, 4) is 0 Å². The number of nitrogens with one attached hydrogen (secondary N) is 1. The lowest BCUT2D eigenvalue weighted by atomic mass is 9.94. The van der Waals surface area contributed by atoms with Crippen LogP contribution in [0, 0.1) is 13.8 Å². The Bertz CT molecular complexity index is 400. The largest absolute Gasteiger partial charge is 0.378 e. The predicted octanol–water partition coefficient (Wildman–Crippen LogP) is 2.64. The fraction of sp³-hybridized carbons (Fsp3) is 0.625. The lowest BCUT2D eigenvalue weighted by Crippen LogP contribution is -2.40. The summed E-state index contributed by atoms with van der Waals surface area (Å²) in [7, 11) is 0. The van der Waals surface area contributed by atoms with Gasteiger partial charge in [-0.3, -0.25) is 11.3 Å². The second-order valence-corrected chi connectivity index (χ2v) is 5.72. The normalized spacial score (nSPS) is 21.3. The summed E-state index contributed by atoms with van der Waals surface area (Å²) in [4.78, 5) is 0. The van der Waals surface area contributed by atoms with Gasteiger partial charge in [0.2, 0.25) is 0 Å². The molecule has 1 fully saturated rings. The summed E-state index contributed by atoms with van der Waals surface area (Å²) in [5.41, 5.74) is 7.01. The fourth-order valence-corrected chi connectivity index (χ4v) is 2.81. The summed E-state index contributed by atoms with van der Waals surface area (Å²) >= 11 is 0. The molecule has 0 bridgehead atoms. The zero-order valence-corrected chi connectivity index (χ0v) is 12.1. The molecule has 0 radical (unpaired) electrons. The summed E-state index contributed by atoms with van der Waals surface area (Å²) in [6, 6.07) is 6.91. The number of hydrazine groups is 1. The van der Waals surface area contributed by atoms with Gasteiger partial charge >= 0.3 is 0 Å². The number of nitrogens with two attached hydrogens (primary N) is 1. The molecule has 2 atom stereocenters. The van der Waals surface area contributed by atoms with Gasteiger partial charge in [0.05, 0.1) is 6.10 Å². The van der Waals surface area contributed by atoms with E-state index in [1.54, 1.807) is 0 Å². The lowest BCUT2D eigenvalue weighted by molar-refractivity contribution is 0.00523. The van der Waals surface area contributed by atoms with Crippen molar-refractivity contribution in [1.29, 1.82) is 0 Å². The first-order valence-electron chi connectivity index (χ1n) is 7.33. The highest BCUT2D eigenvalue weighted by molar-refractivity contribution is 5.31. The van der Waals surface area contributed by atoms with Crippen LogP contribution in [0.3, 0.4) is 0 Å². The van der Waals surface area contributed by atoms with Crippen LogP contribution in [0.4, 0.5) is 0 Å². The van der Waals surface area contributed by atoms with E-state index in [4.69, 9.17) is 10.6 Å². The van der Waals surface area contributed by atoms with Crippen molar-refractivity contribution >= 4 is 0 Å². The molecule has 2 rings (SSSR count). The molecule has 0 spiro atoms. The van der Waals surface area contributed by atoms with Crippen molar-refractivity contribution in [1.82, 2.24) is 5.43 Å². The third-order valence-corrected chi connectivity index (χ3v) is 4.03. The van der Waals surface area contributed by atoms with Crippen molar-refractivity contribution in [2.24, 2.45) is 5.84 Å². The van der Waals surface area contributed by atoms with Crippen molar-refractivity contribution in [3.63, 3.8) is 0 Å². The van der Waals surface area contributed by atoms with Crippen LogP contribution in [-0.2, 0) is 11.2 Å². The highest BCUT2D eigenvalue weighted by Gasteiger charge is 2.19. The van der Waals surface area contributed by atoms with E-state index >= 15 is 0 Å². The molecule has 1 aromatic rings. The Kier molecular flexibility index (Phi) is 5.37. The Labute approximate surface area is 116 Å². The van der Waals surface area contributed by atoms with Gasteiger partial charge in [-0.25, -0.2) is 0 Å². The van der Waals surface area contributed by atoms with E-state index in [0.29, 0.717) is 12.1 Å². The van der Waals surface area contributed by atoms with Gasteiger partial charge in [0, 0.05) is 12.6 Å². The predicted molar refractivity (Wildman–Crippen MR) is 78.9 cm³/mol. The van der Waals surface area contributed by atoms with Crippen LogP contribution in [0.2, 0.25) is 0 Å². The van der Waals surface area contributed by atoms with Gasteiger partial charge in [-0.05, 0) is 57.1 Å². The molecule has 3 N–H and O–H groups in total. The van der Waals surface area contributed by atoms with E-state index in [2.05, 4.69) is 37.5 Å². The molecule has 1 aliphatic rings. The zero-order valence-electron chi connectivity index (χ0n) is 12.1. The van der Waals surface area contributed by atoms with Crippen molar-refractivity contribution in [3.05, 3.63) is 34.9 Å². The van der Waals surface area contributed by atoms with Crippen LogP contribution in [0.1, 0.15) is 42.4 Å². The van der Waals surface area contributed by atoms with Gasteiger partial charge in [0.15, 0.2) is 0 Å². The molecule has 1 aliphatic heterocycles. The van der Waals surface area contributed by atoms with Gasteiger partial charge < -0.3 is 4.74 Å². The second-order valence-electron chi connectivity index (χ2n) is 5.72. The summed E-state index contributed by atoms with van der Waals surface area (Å²) in [6.45, 7) is 5.21. The van der Waals surface area contributed by atoms with E-state index in [-0.39, 0.29) is 0 Å². The number of benzene rings is 1. The average Bonchev–Trinajstić information content (AvgIpc) is 2.43. The standard InChI is InChI=1S/C16H26N2O/c1-12-6-7-13(2)14(9-12)10-15(18-17)11-16-5-3-4-8-19-16/h6-7,9,15-16,18H,3-5,8,10-11,17H2,1-2H3. The molecular weight excluding hydrogens is 236 g/mol. The highest BCUT2D eigenvalue weighted by atomic mass is 16.5. The minimum absolute atomic E-state index is 0.295. The molecule has 1 heterocycles. The molecule has 0 aliphatic carbocycles. The number of ether oxygens (including phenoxy) is 1. The van der Waals surface area contributed by atoms with Crippen molar-refractivity contribution in [2.45, 2.75) is 58.1 Å². The topological polar surface area (TPSA) is 47.3 Å². The summed E-state index contributed by atoms with van der Waals surface area (Å²) in [5, 5.41) is 0. The third kappa shape index (κ3) is 4.30. The molecule has 106 valence electrons. The summed E-state index contributed by atoms with van der Waals surface area (Å²) < 4.78 is 5.81. The van der Waals surface area contributed by atoms with Crippen molar-refractivity contribution in [2.75, 3.05) is 6.61 Å². The number of hydrogen-bond donors (Lipinski definition) is 2. The molecule has 2 unspecified atom stereocenters. The quantitative estimate of drug-likeness (QED) is 0.633. The van der Waals surface area contributed by atoms with Crippen LogP contribution in [0.25, 0.3) is 0 Å². The number of aryl methyl sites for hydroxylation is 2. The van der Waals surface area contributed by atoms with E-state index in [1.165, 1.54) is 36.0 Å². The summed E-state index contributed by atoms with van der Waals surface area (Å²) in [5.74, 6) is 5.72. The molecule has 3 nitrogen and oxygen atoms in total. The minimum Gasteiger partial charge on any atom is -0.378 e. The fourth-order valence-electron chi connectivity index (χ4n) is 2.81. The Hall–Kier alpha value is -0.900. The van der Waals surface area contributed by atoms with E-state index in [1.807, 2.05) is 0 Å². The van der Waals surface area contributed by atoms with E-state index < -0.39 is 0 Å². The van der Waals surface area contributed by atoms with Gasteiger partial charge in [0.25, 0.3) is 0 Å². The van der Waals surface area contributed by atoms with Gasteiger partial charge in [-0.15, -0.1) is 0 Å². The maximum atomic E-state index is 5.81. The third-order valence-electron chi connectivity index (χ3n) is 4.03. The molecule has 1 aromatic carbocycles. The zero-order chi connectivity index (χ0) is 13.7. The monoisotopic (exact) mass is 262 g/mol. The minimum atomic E-state index is 0.295.